The van der Waals surface area contributed by atoms with Crippen LogP contribution < -0.4 is 10.6 Å². The maximum atomic E-state index is 13.2. The van der Waals surface area contributed by atoms with Crippen molar-refractivity contribution in [2.45, 2.75) is 90.1 Å². The van der Waals surface area contributed by atoms with Gasteiger partial charge in [-0.25, -0.2) is 9.48 Å². The fourth-order valence-corrected chi connectivity index (χ4v) is 6.90. The second kappa shape index (κ2) is 12.9. The lowest BCUT2D eigenvalue weighted by Gasteiger charge is -2.39. The molecule has 2 unspecified atom stereocenters. The number of rotatable bonds is 8. The summed E-state index contributed by atoms with van der Waals surface area (Å²) in [4.78, 5) is 32.8. The summed E-state index contributed by atoms with van der Waals surface area (Å²) in [6, 6.07) is 22.5. The van der Waals surface area contributed by atoms with Gasteiger partial charge in [0.25, 0.3) is 0 Å². The fraction of sp³-hybridized carbons (Fsp3) is 0.405. The van der Waals surface area contributed by atoms with Gasteiger partial charge in [0.1, 0.15) is 5.82 Å². The molecule has 2 fully saturated rings. The van der Waals surface area contributed by atoms with Crippen molar-refractivity contribution in [2.75, 3.05) is 10.6 Å². The number of carbonyl (C=O) groups excluding carboxylic acids is 2. The number of anilines is 2. The lowest BCUT2D eigenvalue weighted by atomic mass is 9.85. The summed E-state index contributed by atoms with van der Waals surface area (Å²) < 4.78 is 1.79. The van der Waals surface area contributed by atoms with Crippen molar-refractivity contribution in [1.82, 2.24) is 19.7 Å². The topological polar surface area (TPSA) is 92.2 Å². The molecule has 0 aliphatic carbocycles. The predicted octanol–water partition coefficient (Wildman–Crippen LogP) is 7.46. The summed E-state index contributed by atoms with van der Waals surface area (Å²) in [5, 5.41) is 10.9. The highest BCUT2D eigenvalue weighted by Gasteiger charge is 2.42. The maximum Gasteiger partial charge on any atom is 0.324 e. The quantitative estimate of drug-likeness (QED) is 0.218. The first-order valence-electron chi connectivity index (χ1n) is 16.2. The zero-order valence-electron chi connectivity index (χ0n) is 26.8. The molecule has 234 valence electrons. The zero-order chi connectivity index (χ0) is 31.6. The molecule has 8 heteroatoms. The van der Waals surface area contributed by atoms with E-state index in [9.17, 15) is 9.59 Å². The van der Waals surface area contributed by atoms with Gasteiger partial charge in [0, 0.05) is 48.1 Å². The Morgan fingerprint density at radius 3 is 2.33 bits per heavy atom. The Morgan fingerprint density at radius 2 is 1.64 bits per heavy atom. The molecule has 8 nitrogen and oxygen atoms in total. The van der Waals surface area contributed by atoms with Gasteiger partial charge in [-0.05, 0) is 92.8 Å². The van der Waals surface area contributed by atoms with Crippen molar-refractivity contribution in [1.29, 1.82) is 0 Å². The number of nitrogens with zero attached hydrogens (tertiary/aromatic N) is 4. The number of aromatic nitrogens is 3. The molecule has 6 rings (SSSR count). The maximum absolute atomic E-state index is 13.2. The van der Waals surface area contributed by atoms with Gasteiger partial charge in [0.05, 0.1) is 11.4 Å². The minimum atomic E-state index is -0.308. The van der Waals surface area contributed by atoms with Crippen LogP contribution in [0.2, 0.25) is 0 Å². The van der Waals surface area contributed by atoms with Crippen molar-refractivity contribution in [2.24, 2.45) is 5.92 Å². The van der Waals surface area contributed by atoms with Crippen LogP contribution in [-0.4, -0.2) is 43.7 Å². The Kier molecular flexibility index (Phi) is 8.74. The number of benzene rings is 2. The number of piperidine rings is 1. The first-order chi connectivity index (χ1) is 21.6. The fourth-order valence-electron chi connectivity index (χ4n) is 6.90. The van der Waals surface area contributed by atoms with Crippen LogP contribution in [0.5, 0.6) is 0 Å². The van der Waals surface area contributed by atoms with Crippen molar-refractivity contribution in [3.8, 4) is 5.69 Å². The Balaban J connectivity index is 1.07. The standard InChI is InChI=1S/C37H44N6O2/c1-25-10-13-30(14-11-25)43-34(23-33(41-43)37(2,3)4)40-36(45)39-29-9-5-7-27(20-29)19-28-21-31-15-16-32(22-28)42(31)35(44)17-12-26-8-6-18-38-24-26/h5-11,13-14,18,20,23-24,28,31-32H,12,15-17,19,21-22H2,1-4H3,(H2,39,40,45). The number of nitrogens with one attached hydrogen (secondary N) is 2. The minimum Gasteiger partial charge on any atom is -0.337 e. The summed E-state index contributed by atoms with van der Waals surface area (Å²) in [5.74, 6) is 1.42. The second-order valence-electron chi connectivity index (χ2n) is 13.8. The molecular weight excluding hydrogens is 560 g/mol. The molecule has 4 heterocycles. The number of fused-ring (bicyclic) bond motifs is 2. The van der Waals surface area contributed by atoms with E-state index in [1.165, 1.54) is 5.56 Å². The van der Waals surface area contributed by atoms with E-state index in [2.05, 4.69) is 60.3 Å². The van der Waals surface area contributed by atoms with E-state index in [0.29, 0.717) is 30.2 Å². The number of hydrogen-bond donors (Lipinski definition) is 2. The summed E-state index contributed by atoms with van der Waals surface area (Å²) in [7, 11) is 0. The normalized spacial score (nSPS) is 19.4. The molecule has 2 N–H and O–H groups in total. The third kappa shape index (κ3) is 7.27. The van der Waals surface area contributed by atoms with Crippen molar-refractivity contribution in [3.05, 3.63) is 102 Å². The van der Waals surface area contributed by atoms with Crippen molar-refractivity contribution < 1.29 is 9.59 Å². The highest BCUT2D eigenvalue weighted by atomic mass is 16.2. The van der Waals surface area contributed by atoms with Crippen molar-refractivity contribution >= 4 is 23.4 Å². The Bertz CT molecular complexity index is 1630. The molecule has 3 amide bonds. The lowest BCUT2D eigenvalue weighted by molar-refractivity contribution is -0.136. The third-order valence-electron chi connectivity index (χ3n) is 9.18. The van der Waals surface area contributed by atoms with Crippen LogP contribution in [0.25, 0.3) is 5.69 Å². The van der Waals surface area contributed by atoms with Crippen LogP contribution in [0.15, 0.2) is 79.1 Å². The highest BCUT2D eigenvalue weighted by Crippen LogP contribution is 2.40. The molecule has 45 heavy (non-hydrogen) atoms. The molecule has 2 aromatic heterocycles. The average molecular weight is 605 g/mol. The van der Waals surface area contributed by atoms with E-state index in [4.69, 9.17) is 5.10 Å². The third-order valence-corrected chi connectivity index (χ3v) is 9.18. The van der Waals surface area contributed by atoms with Crippen LogP contribution in [0.1, 0.15) is 75.3 Å². The van der Waals surface area contributed by atoms with E-state index >= 15 is 0 Å². The van der Waals surface area contributed by atoms with Crippen molar-refractivity contribution in [3.63, 3.8) is 0 Å². The predicted molar refractivity (Wildman–Crippen MR) is 179 cm³/mol. The summed E-state index contributed by atoms with van der Waals surface area (Å²) in [6.07, 6.45) is 10.1. The smallest absolute Gasteiger partial charge is 0.324 e. The summed E-state index contributed by atoms with van der Waals surface area (Å²) in [6.45, 7) is 8.39. The Labute approximate surface area is 266 Å². The SMILES string of the molecule is Cc1ccc(-n2nc(C(C)(C)C)cc2NC(=O)Nc2cccc(CC3CC4CCC(C3)N4C(=O)CCc3cccnc3)c2)cc1. The van der Waals surface area contributed by atoms with E-state index in [0.717, 1.165) is 66.7 Å². The summed E-state index contributed by atoms with van der Waals surface area (Å²) >= 11 is 0. The molecule has 2 bridgehead atoms. The number of urea groups is 1. The monoisotopic (exact) mass is 604 g/mol. The molecule has 2 atom stereocenters. The Hall–Kier alpha value is -4.46. The van der Waals surface area contributed by atoms with Crippen LogP contribution >= 0.6 is 0 Å². The lowest BCUT2D eigenvalue weighted by Crippen LogP contribution is -2.47. The van der Waals surface area contributed by atoms with E-state index in [1.807, 2.05) is 60.8 Å². The van der Waals surface area contributed by atoms with Crippen LogP contribution in [0.4, 0.5) is 16.3 Å². The molecule has 2 saturated heterocycles. The first kappa shape index (κ1) is 30.6. The number of carbonyl (C=O) groups is 2. The van der Waals surface area contributed by atoms with Gasteiger partial charge < -0.3 is 10.2 Å². The number of hydrogen-bond acceptors (Lipinski definition) is 4. The molecule has 0 radical (unpaired) electrons. The summed E-state index contributed by atoms with van der Waals surface area (Å²) in [5.41, 5.74) is 5.86. The second-order valence-corrected chi connectivity index (χ2v) is 13.8. The van der Waals surface area contributed by atoms with Gasteiger partial charge in [0.15, 0.2) is 0 Å². The molecule has 2 aromatic carbocycles. The van der Waals surface area contributed by atoms with E-state index in [1.54, 1.807) is 10.9 Å². The van der Waals surface area contributed by atoms with Gasteiger partial charge in [-0.15, -0.1) is 0 Å². The van der Waals surface area contributed by atoms with Gasteiger partial charge in [-0.2, -0.15) is 5.10 Å². The zero-order valence-corrected chi connectivity index (χ0v) is 26.8. The number of pyridine rings is 1. The van der Waals surface area contributed by atoms with Gasteiger partial charge in [-0.1, -0.05) is 56.7 Å². The van der Waals surface area contributed by atoms with Crippen LogP contribution in [-0.2, 0) is 23.1 Å². The molecule has 2 aliphatic heterocycles. The van der Waals surface area contributed by atoms with E-state index < -0.39 is 0 Å². The largest absolute Gasteiger partial charge is 0.337 e. The van der Waals surface area contributed by atoms with Gasteiger partial charge in [-0.3, -0.25) is 15.1 Å². The Morgan fingerprint density at radius 1 is 0.911 bits per heavy atom. The first-order valence-corrected chi connectivity index (χ1v) is 16.2. The van der Waals surface area contributed by atoms with Gasteiger partial charge >= 0.3 is 6.03 Å². The highest BCUT2D eigenvalue weighted by molar-refractivity contribution is 5.99. The number of amides is 3. The van der Waals surface area contributed by atoms with Crippen LogP contribution in [0.3, 0.4) is 0 Å². The molecule has 0 saturated carbocycles. The average Bonchev–Trinajstić information content (AvgIpc) is 3.55. The molecule has 0 spiro atoms. The number of aryl methyl sites for hydroxylation is 2. The van der Waals surface area contributed by atoms with Crippen LogP contribution in [0, 0.1) is 12.8 Å². The minimum absolute atomic E-state index is 0.167. The molecule has 2 aliphatic rings. The van der Waals surface area contributed by atoms with Gasteiger partial charge in [0.2, 0.25) is 5.91 Å². The molecule has 4 aromatic rings. The van der Waals surface area contributed by atoms with E-state index in [-0.39, 0.29) is 17.4 Å². The molecular formula is C37H44N6O2.